The summed E-state index contributed by atoms with van der Waals surface area (Å²) in [5.74, 6) is 0.810. The maximum atomic E-state index is 6.04. The molecule has 0 saturated carbocycles. The lowest BCUT2D eigenvalue weighted by Gasteiger charge is -2.22. The fraction of sp³-hybridized carbons (Fsp3) is 0.545. The van der Waals surface area contributed by atoms with E-state index in [2.05, 4.69) is 53.7 Å². The summed E-state index contributed by atoms with van der Waals surface area (Å²) in [6.45, 7) is 8.62. The number of aryl methyl sites for hydroxylation is 1. The predicted molar refractivity (Wildman–Crippen MR) is 118 cm³/mol. The highest BCUT2D eigenvalue weighted by molar-refractivity contribution is 7.11. The molecule has 1 aliphatic rings. The Labute approximate surface area is 177 Å². The van der Waals surface area contributed by atoms with Crippen LogP contribution in [-0.4, -0.2) is 36.8 Å². The van der Waals surface area contributed by atoms with Crippen molar-refractivity contribution in [2.24, 2.45) is 4.99 Å². The first-order valence-electron chi connectivity index (χ1n) is 10.5. The molecule has 29 heavy (non-hydrogen) atoms. The number of thiazole rings is 1. The number of nitrogens with one attached hydrogen (secondary N) is 2. The molecular weight excluding hydrogens is 384 g/mol. The van der Waals surface area contributed by atoms with Crippen LogP contribution < -0.4 is 10.6 Å². The quantitative estimate of drug-likeness (QED) is 0.482. The Morgan fingerprint density at radius 3 is 2.83 bits per heavy atom. The monoisotopic (exact) mass is 416 g/mol. The molecule has 1 saturated heterocycles. The van der Waals surface area contributed by atoms with E-state index in [9.17, 15) is 0 Å². The van der Waals surface area contributed by atoms with Crippen molar-refractivity contribution in [2.75, 3.05) is 19.8 Å². The van der Waals surface area contributed by atoms with E-state index in [1.807, 2.05) is 6.20 Å². The molecular formula is C22H32N4O2S. The van der Waals surface area contributed by atoms with E-state index in [1.165, 1.54) is 16.0 Å². The number of hydrogen-bond acceptors (Lipinski definition) is 5. The third-order valence-electron chi connectivity index (χ3n) is 4.77. The fourth-order valence-corrected chi connectivity index (χ4v) is 3.94. The standard InChI is InChI=1S/C22H32N4O2S/c1-3-20-14-24-21(29-20)15-26-22(23-4-2)25-13-17-6-5-7-18(12-17)16-28-19-8-10-27-11-9-19/h5-7,12,14,19H,3-4,8-11,13,15-16H2,1-2H3,(H2,23,25,26). The normalized spacial score (nSPS) is 15.4. The first-order valence-corrected chi connectivity index (χ1v) is 11.3. The minimum Gasteiger partial charge on any atom is -0.381 e. The van der Waals surface area contributed by atoms with Gasteiger partial charge in [0.25, 0.3) is 0 Å². The molecule has 1 aliphatic heterocycles. The molecule has 0 atom stereocenters. The Kier molecular flexibility index (Phi) is 8.92. The lowest BCUT2D eigenvalue weighted by atomic mass is 10.1. The fourth-order valence-electron chi connectivity index (χ4n) is 3.14. The number of guanidine groups is 1. The summed E-state index contributed by atoms with van der Waals surface area (Å²) in [6, 6.07) is 8.49. The van der Waals surface area contributed by atoms with Crippen molar-refractivity contribution in [1.82, 2.24) is 15.6 Å². The van der Waals surface area contributed by atoms with Gasteiger partial charge in [0.05, 0.1) is 25.8 Å². The molecule has 0 bridgehead atoms. The van der Waals surface area contributed by atoms with Crippen molar-refractivity contribution in [1.29, 1.82) is 0 Å². The van der Waals surface area contributed by atoms with Crippen LogP contribution in [0.4, 0.5) is 0 Å². The van der Waals surface area contributed by atoms with Crippen LogP contribution in [0, 0.1) is 0 Å². The van der Waals surface area contributed by atoms with Gasteiger partial charge in [-0.25, -0.2) is 9.98 Å². The molecule has 1 aromatic heterocycles. The summed E-state index contributed by atoms with van der Waals surface area (Å²) in [5, 5.41) is 7.77. The average Bonchev–Trinajstić information content (AvgIpc) is 3.23. The second kappa shape index (κ2) is 11.9. The number of benzene rings is 1. The van der Waals surface area contributed by atoms with Gasteiger partial charge in [-0.1, -0.05) is 31.2 Å². The third kappa shape index (κ3) is 7.42. The van der Waals surface area contributed by atoms with Crippen LogP contribution in [0.5, 0.6) is 0 Å². The second-order valence-corrected chi connectivity index (χ2v) is 8.27. The van der Waals surface area contributed by atoms with Crippen LogP contribution in [0.15, 0.2) is 35.5 Å². The molecule has 1 aromatic carbocycles. The molecule has 0 amide bonds. The molecule has 0 radical (unpaired) electrons. The Balaban J connectivity index is 1.52. The van der Waals surface area contributed by atoms with Crippen molar-refractivity contribution < 1.29 is 9.47 Å². The second-order valence-electron chi connectivity index (χ2n) is 7.07. The number of aromatic nitrogens is 1. The first-order chi connectivity index (χ1) is 14.3. The molecule has 2 N–H and O–H groups in total. The van der Waals surface area contributed by atoms with Crippen LogP contribution in [0.2, 0.25) is 0 Å². The van der Waals surface area contributed by atoms with Crippen molar-refractivity contribution >= 4 is 17.3 Å². The van der Waals surface area contributed by atoms with Gasteiger partial charge in [-0.15, -0.1) is 11.3 Å². The summed E-state index contributed by atoms with van der Waals surface area (Å²) in [4.78, 5) is 10.5. The Hall–Kier alpha value is -1.96. The van der Waals surface area contributed by atoms with Gasteiger partial charge in [0, 0.05) is 30.8 Å². The van der Waals surface area contributed by atoms with Gasteiger partial charge in [0.2, 0.25) is 0 Å². The number of rotatable bonds is 9. The van der Waals surface area contributed by atoms with E-state index in [0.29, 0.717) is 25.8 Å². The molecule has 2 heterocycles. The molecule has 158 valence electrons. The van der Waals surface area contributed by atoms with Crippen LogP contribution in [0.1, 0.15) is 47.7 Å². The van der Waals surface area contributed by atoms with Gasteiger partial charge < -0.3 is 20.1 Å². The van der Waals surface area contributed by atoms with Crippen LogP contribution >= 0.6 is 11.3 Å². The zero-order valence-electron chi connectivity index (χ0n) is 17.4. The van der Waals surface area contributed by atoms with Gasteiger partial charge in [-0.05, 0) is 37.3 Å². The minimum absolute atomic E-state index is 0.314. The molecule has 0 unspecified atom stereocenters. The molecule has 3 rings (SSSR count). The molecule has 0 aliphatic carbocycles. The number of nitrogens with zero attached hydrogens (tertiary/aromatic N) is 2. The molecule has 2 aromatic rings. The summed E-state index contributed by atoms with van der Waals surface area (Å²) in [7, 11) is 0. The van der Waals surface area contributed by atoms with Gasteiger partial charge in [-0.3, -0.25) is 0 Å². The lowest BCUT2D eigenvalue weighted by Crippen LogP contribution is -2.36. The van der Waals surface area contributed by atoms with Crippen LogP contribution in [0.25, 0.3) is 0 Å². The van der Waals surface area contributed by atoms with E-state index in [1.54, 1.807) is 11.3 Å². The SMILES string of the molecule is CCNC(=NCc1cccc(COC2CCOCC2)c1)NCc1ncc(CC)s1. The van der Waals surface area contributed by atoms with Crippen molar-refractivity contribution in [2.45, 2.75) is 58.9 Å². The van der Waals surface area contributed by atoms with Crippen molar-refractivity contribution in [3.63, 3.8) is 0 Å². The van der Waals surface area contributed by atoms with Gasteiger partial charge in [0.15, 0.2) is 5.96 Å². The van der Waals surface area contributed by atoms with Gasteiger partial charge in [0.1, 0.15) is 5.01 Å². The predicted octanol–water partition coefficient (Wildman–Crippen LogP) is 3.66. The minimum atomic E-state index is 0.314. The zero-order chi connectivity index (χ0) is 20.3. The Morgan fingerprint density at radius 2 is 2.07 bits per heavy atom. The molecule has 7 heteroatoms. The molecule has 1 fully saturated rings. The van der Waals surface area contributed by atoms with Crippen molar-refractivity contribution in [3.8, 4) is 0 Å². The summed E-state index contributed by atoms with van der Waals surface area (Å²) in [5.41, 5.74) is 2.37. The highest BCUT2D eigenvalue weighted by Gasteiger charge is 2.14. The van der Waals surface area contributed by atoms with E-state index in [4.69, 9.17) is 14.5 Å². The van der Waals surface area contributed by atoms with E-state index in [-0.39, 0.29) is 0 Å². The highest BCUT2D eigenvalue weighted by atomic mass is 32.1. The van der Waals surface area contributed by atoms with E-state index >= 15 is 0 Å². The zero-order valence-corrected chi connectivity index (χ0v) is 18.3. The lowest BCUT2D eigenvalue weighted by molar-refractivity contribution is -0.0390. The third-order valence-corrected chi connectivity index (χ3v) is 5.91. The van der Waals surface area contributed by atoms with Crippen molar-refractivity contribution in [3.05, 3.63) is 51.5 Å². The number of hydrogen-bond donors (Lipinski definition) is 2. The van der Waals surface area contributed by atoms with E-state index in [0.717, 1.165) is 50.0 Å². The van der Waals surface area contributed by atoms with Crippen LogP contribution in [0.3, 0.4) is 0 Å². The van der Waals surface area contributed by atoms with Crippen LogP contribution in [-0.2, 0) is 35.6 Å². The van der Waals surface area contributed by atoms with Gasteiger partial charge in [-0.2, -0.15) is 0 Å². The average molecular weight is 417 g/mol. The molecule has 6 nitrogen and oxygen atoms in total. The first kappa shape index (κ1) is 21.7. The van der Waals surface area contributed by atoms with Gasteiger partial charge >= 0.3 is 0 Å². The Bertz CT molecular complexity index is 772. The topological polar surface area (TPSA) is 67.8 Å². The Morgan fingerprint density at radius 1 is 1.24 bits per heavy atom. The smallest absolute Gasteiger partial charge is 0.191 e. The highest BCUT2D eigenvalue weighted by Crippen LogP contribution is 2.15. The maximum Gasteiger partial charge on any atom is 0.191 e. The number of ether oxygens (including phenoxy) is 2. The number of aliphatic imine (C=N–C) groups is 1. The summed E-state index contributed by atoms with van der Waals surface area (Å²) in [6.07, 6.45) is 5.27. The summed E-state index contributed by atoms with van der Waals surface area (Å²) < 4.78 is 11.4. The largest absolute Gasteiger partial charge is 0.381 e. The summed E-state index contributed by atoms with van der Waals surface area (Å²) >= 11 is 1.75. The maximum absolute atomic E-state index is 6.04. The van der Waals surface area contributed by atoms with E-state index < -0.39 is 0 Å². The molecule has 0 spiro atoms.